The van der Waals surface area contributed by atoms with E-state index in [9.17, 15) is 10.2 Å². The molecule has 1 saturated heterocycles. The van der Waals surface area contributed by atoms with E-state index in [0.29, 0.717) is 0 Å². The van der Waals surface area contributed by atoms with Gasteiger partial charge in [-0.1, -0.05) is 0 Å². The van der Waals surface area contributed by atoms with E-state index in [1.54, 1.807) is 6.92 Å². The third-order valence-corrected chi connectivity index (χ3v) is 2.49. The molecular formula is C8H13N5O3. The zero-order valence-electron chi connectivity index (χ0n) is 8.61. The van der Waals surface area contributed by atoms with Gasteiger partial charge in [0.2, 0.25) is 5.82 Å². The smallest absolute Gasteiger partial charge is 0.215 e. The summed E-state index contributed by atoms with van der Waals surface area (Å²) >= 11 is 0. The number of aliphatic hydroxyl groups is 2. The van der Waals surface area contributed by atoms with Crippen molar-refractivity contribution in [1.82, 2.24) is 14.8 Å². The van der Waals surface area contributed by atoms with Gasteiger partial charge in [0.15, 0.2) is 12.1 Å². The van der Waals surface area contributed by atoms with E-state index in [1.807, 2.05) is 0 Å². The number of rotatable bonds is 2. The monoisotopic (exact) mass is 227 g/mol. The molecule has 2 heterocycles. The highest BCUT2D eigenvalue weighted by Crippen LogP contribution is 2.28. The number of aromatic nitrogens is 3. The summed E-state index contributed by atoms with van der Waals surface area (Å²) < 4.78 is 6.56. The number of amidine groups is 1. The first-order valence-corrected chi connectivity index (χ1v) is 4.78. The topological polar surface area (TPSA) is 130 Å². The van der Waals surface area contributed by atoms with Crippen molar-refractivity contribution in [1.29, 1.82) is 5.41 Å². The Labute approximate surface area is 91.2 Å². The molecule has 4 atom stereocenters. The normalized spacial score (nSPS) is 34.2. The predicted molar refractivity (Wildman–Crippen MR) is 52.6 cm³/mol. The van der Waals surface area contributed by atoms with Gasteiger partial charge in [-0.25, -0.2) is 9.67 Å². The van der Waals surface area contributed by atoms with Crippen LogP contribution in [-0.2, 0) is 4.74 Å². The fourth-order valence-corrected chi connectivity index (χ4v) is 1.57. The molecule has 0 spiro atoms. The number of nitrogens with one attached hydrogen (secondary N) is 1. The van der Waals surface area contributed by atoms with Crippen molar-refractivity contribution in [3.8, 4) is 0 Å². The van der Waals surface area contributed by atoms with Crippen LogP contribution in [0.1, 0.15) is 19.0 Å². The van der Waals surface area contributed by atoms with Crippen LogP contribution in [0.2, 0.25) is 0 Å². The third kappa shape index (κ3) is 1.66. The number of ether oxygens (including phenoxy) is 1. The fourth-order valence-electron chi connectivity index (χ4n) is 1.57. The van der Waals surface area contributed by atoms with E-state index >= 15 is 0 Å². The lowest BCUT2D eigenvalue weighted by Crippen LogP contribution is -2.30. The molecule has 0 amide bonds. The zero-order valence-corrected chi connectivity index (χ0v) is 8.61. The Morgan fingerprint density at radius 3 is 2.69 bits per heavy atom. The lowest BCUT2D eigenvalue weighted by molar-refractivity contribution is -0.0399. The molecule has 8 heteroatoms. The summed E-state index contributed by atoms with van der Waals surface area (Å²) in [7, 11) is 0. The Balaban J connectivity index is 2.21. The molecule has 16 heavy (non-hydrogen) atoms. The number of hydrogen-bond donors (Lipinski definition) is 4. The highest BCUT2D eigenvalue weighted by atomic mass is 16.6. The van der Waals surface area contributed by atoms with E-state index in [4.69, 9.17) is 15.9 Å². The molecule has 0 saturated carbocycles. The number of nitrogens with zero attached hydrogens (tertiary/aromatic N) is 3. The molecule has 1 fully saturated rings. The third-order valence-electron chi connectivity index (χ3n) is 2.49. The van der Waals surface area contributed by atoms with Crippen LogP contribution in [0.3, 0.4) is 0 Å². The molecular weight excluding hydrogens is 214 g/mol. The van der Waals surface area contributed by atoms with Crippen LogP contribution in [-0.4, -0.2) is 49.1 Å². The van der Waals surface area contributed by atoms with Gasteiger partial charge in [-0.15, -0.1) is 5.10 Å². The summed E-state index contributed by atoms with van der Waals surface area (Å²) in [5, 5.41) is 30.2. The van der Waals surface area contributed by atoms with Gasteiger partial charge in [0.1, 0.15) is 18.5 Å². The first kappa shape index (κ1) is 11.0. The van der Waals surface area contributed by atoms with Crippen LogP contribution in [0, 0.1) is 5.41 Å². The van der Waals surface area contributed by atoms with Crippen LogP contribution >= 0.6 is 0 Å². The number of aliphatic hydroxyl groups excluding tert-OH is 2. The summed E-state index contributed by atoms with van der Waals surface area (Å²) in [6, 6.07) is 0. The van der Waals surface area contributed by atoms with Gasteiger partial charge in [-0.2, -0.15) is 0 Å². The first-order chi connectivity index (χ1) is 7.50. The minimum absolute atomic E-state index is 0.0600. The van der Waals surface area contributed by atoms with E-state index in [0.717, 1.165) is 0 Å². The molecule has 0 aliphatic carbocycles. The van der Waals surface area contributed by atoms with Crippen molar-refractivity contribution in [2.24, 2.45) is 5.73 Å². The molecule has 1 aliphatic rings. The number of hydrogen-bond acceptors (Lipinski definition) is 6. The molecule has 0 bridgehead atoms. The van der Waals surface area contributed by atoms with Gasteiger partial charge in [0, 0.05) is 0 Å². The Morgan fingerprint density at radius 1 is 1.56 bits per heavy atom. The minimum Gasteiger partial charge on any atom is -0.388 e. The highest BCUT2D eigenvalue weighted by molar-refractivity contribution is 5.90. The van der Waals surface area contributed by atoms with Gasteiger partial charge < -0.3 is 20.7 Å². The zero-order chi connectivity index (χ0) is 11.9. The predicted octanol–water partition coefficient (Wildman–Crippen LogP) is -1.80. The second-order valence-corrected chi connectivity index (χ2v) is 3.67. The van der Waals surface area contributed by atoms with Crippen LogP contribution in [0.4, 0.5) is 0 Å². The van der Waals surface area contributed by atoms with E-state index in [1.165, 1.54) is 11.0 Å². The van der Waals surface area contributed by atoms with Crippen LogP contribution in [0.5, 0.6) is 0 Å². The standard InChI is InChI=1S/C8H13N5O3/c1-3-4(14)5(15)8(16-3)13-2-11-7(12-13)6(9)10/h2-5,8,14-15H,1H3,(H3,9,10). The molecule has 8 nitrogen and oxygen atoms in total. The fraction of sp³-hybridized carbons (Fsp3) is 0.625. The molecule has 1 aromatic rings. The maximum absolute atomic E-state index is 9.68. The Hall–Kier alpha value is -1.51. The summed E-state index contributed by atoms with van der Waals surface area (Å²) in [5.74, 6) is -0.204. The quantitative estimate of drug-likeness (QED) is 0.348. The van der Waals surface area contributed by atoms with E-state index in [-0.39, 0.29) is 11.7 Å². The lowest BCUT2D eigenvalue weighted by atomic mass is 10.1. The SMILES string of the molecule is CC1OC(n2cnc(C(=N)N)n2)C(O)C1O. The summed E-state index contributed by atoms with van der Waals surface area (Å²) in [6.45, 7) is 1.65. The summed E-state index contributed by atoms with van der Waals surface area (Å²) in [6.07, 6.45) is -2.02. The number of nitrogen functional groups attached to an aromatic ring is 1. The van der Waals surface area contributed by atoms with Gasteiger partial charge in [-0.3, -0.25) is 5.41 Å². The van der Waals surface area contributed by atoms with Crippen molar-refractivity contribution in [2.45, 2.75) is 31.5 Å². The summed E-state index contributed by atoms with van der Waals surface area (Å²) in [4.78, 5) is 3.77. The van der Waals surface area contributed by atoms with Gasteiger partial charge in [0.25, 0.3) is 0 Å². The molecule has 1 aliphatic heterocycles. The molecule has 0 aromatic carbocycles. The van der Waals surface area contributed by atoms with Crippen molar-refractivity contribution < 1.29 is 14.9 Å². The van der Waals surface area contributed by atoms with Crippen molar-refractivity contribution >= 4 is 5.84 Å². The van der Waals surface area contributed by atoms with Gasteiger partial charge in [0.05, 0.1) is 6.10 Å². The average molecular weight is 227 g/mol. The minimum atomic E-state index is -1.07. The molecule has 0 radical (unpaired) electrons. The van der Waals surface area contributed by atoms with E-state index in [2.05, 4.69) is 10.1 Å². The number of nitrogens with two attached hydrogens (primary N) is 1. The first-order valence-electron chi connectivity index (χ1n) is 4.78. The van der Waals surface area contributed by atoms with Crippen LogP contribution in [0.15, 0.2) is 6.33 Å². The molecule has 4 unspecified atom stereocenters. The molecule has 2 rings (SSSR count). The maximum Gasteiger partial charge on any atom is 0.215 e. The molecule has 88 valence electrons. The van der Waals surface area contributed by atoms with Gasteiger partial charge >= 0.3 is 0 Å². The lowest BCUT2D eigenvalue weighted by Gasteiger charge is -2.13. The molecule has 5 N–H and O–H groups in total. The molecule has 1 aromatic heterocycles. The largest absolute Gasteiger partial charge is 0.388 e. The summed E-state index contributed by atoms with van der Waals surface area (Å²) in [5.41, 5.74) is 5.21. The van der Waals surface area contributed by atoms with Crippen LogP contribution < -0.4 is 5.73 Å². The second kappa shape index (κ2) is 3.81. The van der Waals surface area contributed by atoms with Crippen molar-refractivity contribution in [3.05, 3.63) is 12.2 Å². The van der Waals surface area contributed by atoms with Gasteiger partial charge in [-0.05, 0) is 6.92 Å². The van der Waals surface area contributed by atoms with Crippen molar-refractivity contribution in [2.75, 3.05) is 0 Å². The maximum atomic E-state index is 9.68. The Bertz CT molecular complexity index is 406. The highest BCUT2D eigenvalue weighted by Gasteiger charge is 2.41. The second-order valence-electron chi connectivity index (χ2n) is 3.67. The van der Waals surface area contributed by atoms with Crippen LogP contribution in [0.25, 0.3) is 0 Å². The van der Waals surface area contributed by atoms with Crippen molar-refractivity contribution in [3.63, 3.8) is 0 Å². The average Bonchev–Trinajstić information content (AvgIpc) is 2.79. The van der Waals surface area contributed by atoms with E-state index < -0.39 is 24.5 Å². The Kier molecular flexibility index (Phi) is 2.62. The Morgan fingerprint density at radius 2 is 2.25 bits per heavy atom.